The number of carbonyl (C=O) groups excluding carboxylic acids is 2. The van der Waals surface area contributed by atoms with Gasteiger partial charge in [-0.1, -0.05) is 62.4 Å². The summed E-state index contributed by atoms with van der Waals surface area (Å²) in [6.07, 6.45) is 9.57. The number of nitrogens with zero attached hydrogens (tertiary/aromatic N) is 1. The van der Waals surface area contributed by atoms with E-state index >= 15 is 0 Å². The number of hydrogen-bond acceptors (Lipinski definition) is 3. The Morgan fingerprint density at radius 1 is 1.00 bits per heavy atom. The minimum absolute atomic E-state index is 0.0932. The summed E-state index contributed by atoms with van der Waals surface area (Å²) in [6, 6.07) is 9.76. The lowest BCUT2D eigenvalue weighted by atomic mass is 9.86. The van der Waals surface area contributed by atoms with Crippen molar-refractivity contribution in [2.75, 3.05) is 13.1 Å². The Kier molecular flexibility index (Phi) is 7.55. The van der Waals surface area contributed by atoms with Gasteiger partial charge in [-0.15, -0.1) is 0 Å². The van der Waals surface area contributed by atoms with Crippen molar-refractivity contribution in [2.24, 2.45) is 5.92 Å². The Hall–Kier alpha value is -2.04. The predicted octanol–water partition coefficient (Wildman–Crippen LogP) is 4.26. The fourth-order valence-electron chi connectivity index (χ4n) is 4.17. The van der Waals surface area contributed by atoms with E-state index in [1.54, 1.807) is 0 Å². The van der Waals surface area contributed by atoms with Crippen LogP contribution in [0.15, 0.2) is 30.3 Å². The molecule has 1 N–H and O–H groups in total. The Morgan fingerprint density at radius 2 is 1.70 bits per heavy atom. The molecule has 1 aliphatic heterocycles. The summed E-state index contributed by atoms with van der Waals surface area (Å²) < 4.78 is 5.28. The van der Waals surface area contributed by atoms with Crippen LogP contribution in [0.1, 0.15) is 63.4 Å². The van der Waals surface area contributed by atoms with Crippen LogP contribution in [0.4, 0.5) is 4.79 Å². The number of benzene rings is 1. The van der Waals surface area contributed by atoms with E-state index < -0.39 is 0 Å². The SMILES string of the molecule is O=C(NC1CCN(C(=O)CCC2CCCCC2)CC1)OCc1ccccc1. The van der Waals surface area contributed by atoms with Crippen LogP contribution in [0, 0.1) is 5.92 Å². The van der Waals surface area contributed by atoms with Crippen molar-refractivity contribution >= 4 is 12.0 Å². The molecule has 0 bridgehead atoms. The minimum atomic E-state index is -0.374. The fraction of sp³-hybridized carbons (Fsp3) is 0.636. The van der Waals surface area contributed by atoms with Gasteiger partial charge < -0.3 is 15.0 Å². The molecule has 0 spiro atoms. The van der Waals surface area contributed by atoms with E-state index in [9.17, 15) is 9.59 Å². The number of ether oxygens (including phenoxy) is 1. The Bertz CT molecular complexity index is 591. The molecular weight excluding hydrogens is 340 g/mol. The van der Waals surface area contributed by atoms with Crippen LogP contribution in [0.3, 0.4) is 0 Å². The molecule has 1 saturated heterocycles. The van der Waals surface area contributed by atoms with Gasteiger partial charge in [-0.25, -0.2) is 4.79 Å². The first-order valence-corrected chi connectivity index (χ1v) is 10.5. The molecule has 0 unspecified atom stereocenters. The van der Waals surface area contributed by atoms with Crippen LogP contribution in [0.5, 0.6) is 0 Å². The number of rotatable bonds is 6. The molecule has 1 saturated carbocycles. The van der Waals surface area contributed by atoms with Gasteiger partial charge in [-0.05, 0) is 30.7 Å². The molecule has 2 aliphatic rings. The maximum Gasteiger partial charge on any atom is 0.407 e. The lowest BCUT2D eigenvalue weighted by molar-refractivity contribution is -0.132. The average Bonchev–Trinajstić information content (AvgIpc) is 2.72. The third-order valence-electron chi connectivity index (χ3n) is 5.87. The van der Waals surface area contributed by atoms with Crippen LogP contribution < -0.4 is 5.32 Å². The number of likely N-dealkylation sites (tertiary alicyclic amines) is 1. The summed E-state index contributed by atoms with van der Waals surface area (Å²) in [7, 11) is 0. The predicted molar refractivity (Wildman–Crippen MR) is 105 cm³/mol. The number of amides is 2. The van der Waals surface area contributed by atoms with Gasteiger partial charge in [0.05, 0.1) is 0 Å². The molecule has 148 valence electrons. The molecule has 0 radical (unpaired) electrons. The van der Waals surface area contributed by atoms with Gasteiger partial charge in [0.2, 0.25) is 5.91 Å². The minimum Gasteiger partial charge on any atom is -0.445 e. The zero-order valence-electron chi connectivity index (χ0n) is 16.2. The monoisotopic (exact) mass is 372 g/mol. The highest BCUT2D eigenvalue weighted by atomic mass is 16.5. The molecule has 27 heavy (non-hydrogen) atoms. The molecule has 1 heterocycles. The summed E-state index contributed by atoms with van der Waals surface area (Å²) in [5, 5.41) is 2.93. The van der Waals surface area contributed by atoms with Crippen LogP contribution in [-0.2, 0) is 16.1 Å². The number of carbonyl (C=O) groups is 2. The zero-order chi connectivity index (χ0) is 18.9. The fourth-order valence-corrected chi connectivity index (χ4v) is 4.17. The normalized spacial score (nSPS) is 18.9. The van der Waals surface area contributed by atoms with Crippen LogP contribution in [-0.4, -0.2) is 36.0 Å². The number of nitrogens with one attached hydrogen (secondary N) is 1. The summed E-state index contributed by atoms with van der Waals surface area (Å²) in [4.78, 5) is 26.4. The molecular formula is C22H32N2O3. The van der Waals surface area contributed by atoms with Crippen molar-refractivity contribution in [3.63, 3.8) is 0 Å². The maximum absolute atomic E-state index is 12.4. The summed E-state index contributed by atoms with van der Waals surface area (Å²) >= 11 is 0. The van der Waals surface area contributed by atoms with E-state index in [0.717, 1.165) is 43.8 Å². The Morgan fingerprint density at radius 3 is 2.41 bits per heavy atom. The molecule has 1 aromatic carbocycles. The van der Waals surface area contributed by atoms with Gasteiger partial charge >= 0.3 is 6.09 Å². The van der Waals surface area contributed by atoms with Crippen LogP contribution in [0.2, 0.25) is 0 Å². The first-order chi connectivity index (χ1) is 13.2. The smallest absolute Gasteiger partial charge is 0.407 e. The quantitative estimate of drug-likeness (QED) is 0.811. The number of hydrogen-bond donors (Lipinski definition) is 1. The summed E-state index contributed by atoms with van der Waals surface area (Å²) in [5.41, 5.74) is 0.978. The van der Waals surface area contributed by atoms with Crippen molar-refractivity contribution in [3.8, 4) is 0 Å². The lowest BCUT2D eigenvalue weighted by Gasteiger charge is -2.32. The van der Waals surface area contributed by atoms with E-state index in [-0.39, 0.29) is 24.6 Å². The van der Waals surface area contributed by atoms with Gasteiger partial charge in [0.25, 0.3) is 0 Å². The van der Waals surface area contributed by atoms with Crippen LogP contribution in [0.25, 0.3) is 0 Å². The van der Waals surface area contributed by atoms with E-state index in [4.69, 9.17) is 4.74 Å². The number of piperidine rings is 1. The Labute approximate surface area is 162 Å². The topological polar surface area (TPSA) is 58.6 Å². The molecule has 3 rings (SSSR count). The summed E-state index contributed by atoms with van der Waals surface area (Å²) in [5.74, 6) is 1.03. The van der Waals surface area contributed by atoms with Crippen molar-refractivity contribution in [1.82, 2.24) is 10.2 Å². The van der Waals surface area contributed by atoms with E-state index in [1.807, 2.05) is 35.2 Å². The van der Waals surface area contributed by atoms with Crippen molar-refractivity contribution in [1.29, 1.82) is 0 Å². The number of alkyl carbamates (subject to hydrolysis) is 1. The molecule has 1 aliphatic carbocycles. The molecule has 5 heteroatoms. The highest BCUT2D eigenvalue weighted by Gasteiger charge is 2.25. The zero-order valence-corrected chi connectivity index (χ0v) is 16.2. The standard InChI is InChI=1S/C22H32N2O3/c25-21(12-11-18-7-3-1-4-8-18)24-15-13-20(14-16-24)23-22(26)27-17-19-9-5-2-6-10-19/h2,5-6,9-10,18,20H,1,3-4,7-8,11-17H2,(H,23,26). The first-order valence-electron chi connectivity index (χ1n) is 10.5. The van der Waals surface area contributed by atoms with E-state index in [1.165, 1.54) is 32.1 Å². The third-order valence-corrected chi connectivity index (χ3v) is 5.87. The molecule has 2 fully saturated rings. The van der Waals surface area contributed by atoms with E-state index in [0.29, 0.717) is 6.42 Å². The van der Waals surface area contributed by atoms with Gasteiger partial charge in [0, 0.05) is 25.6 Å². The Balaban J connectivity index is 1.31. The highest BCUT2D eigenvalue weighted by molar-refractivity contribution is 5.76. The molecule has 2 amide bonds. The second-order valence-electron chi connectivity index (χ2n) is 7.90. The lowest BCUT2D eigenvalue weighted by Crippen LogP contribution is -2.46. The maximum atomic E-state index is 12.4. The molecule has 1 aromatic rings. The van der Waals surface area contributed by atoms with Gasteiger partial charge in [0.1, 0.15) is 6.61 Å². The second-order valence-corrected chi connectivity index (χ2v) is 7.90. The van der Waals surface area contributed by atoms with E-state index in [2.05, 4.69) is 5.32 Å². The van der Waals surface area contributed by atoms with Gasteiger partial charge in [-0.3, -0.25) is 4.79 Å². The molecule has 5 nitrogen and oxygen atoms in total. The largest absolute Gasteiger partial charge is 0.445 e. The van der Waals surface area contributed by atoms with Gasteiger partial charge in [0.15, 0.2) is 0 Å². The molecule has 0 aromatic heterocycles. The average molecular weight is 373 g/mol. The van der Waals surface area contributed by atoms with Crippen molar-refractivity contribution in [3.05, 3.63) is 35.9 Å². The molecule has 0 atom stereocenters. The van der Waals surface area contributed by atoms with Crippen molar-refractivity contribution < 1.29 is 14.3 Å². The van der Waals surface area contributed by atoms with Crippen LogP contribution >= 0.6 is 0 Å². The van der Waals surface area contributed by atoms with Gasteiger partial charge in [-0.2, -0.15) is 0 Å². The van der Waals surface area contributed by atoms with Crippen molar-refractivity contribution in [2.45, 2.75) is 70.4 Å². The first kappa shape index (κ1) is 19.7. The highest BCUT2D eigenvalue weighted by Crippen LogP contribution is 2.27. The summed E-state index contributed by atoms with van der Waals surface area (Å²) in [6.45, 7) is 1.74. The third kappa shape index (κ3) is 6.56. The second kappa shape index (κ2) is 10.3.